The Morgan fingerprint density at radius 2 is 2.47 bits per heavy atom. The summed E-state index contributed by atoms with van der Waals surface area (Å²) in [5.74, 6) is 0.885. The van der Waals surface area contributed by atoms with Crippen LogP contribution in [0.4, 0.5) is 0 Å². The van der Waals surface area contributed by atoms with Gasteiger partial charge in [-0.2, -0.15) is 0 Å². The molecule has 0 aromatic carbocycles. The normalized spacial score (nSPS) is 13.0. The van der Waals surface area contributed by atoms with Gasteiger partial charge in [0.1, 0.15) is 12.2 Å². The number of aromatic nitrogens is 3. The van der Waals surface area contributed by atoms with Crippen LogP contribution in [-0.4, -0.2) is 46.2 Å². The quantitative estimate of drug-likeness (QED) is 0.587. The molecule has 0 bridgehead atoms. The van der Waals surface area contributed by atoms with Crippen molar-refractivity contribution in [2.24, 2.45) is 7.05 Å². The van der Waals surface area contributed by atoms with Gasteiger partial charge in [0.25, 0.3) is 0 Å². The zero-order valence-corrected chi connectivity index (χ0v) is 9.18. The summed E-state index contributed by atoms with van der Waals surface area (Å²) in [4.78, 5) is 0. The van der Waals surface area contributed by atoms with Crippen molar-refractivity contribution in [3.8, 4) is 0 Å². The molecule has 1 aromatic heterocycles. The first-order valence-electron chi connectivity index (χ1n) is 4.94. The van der Waals surface area contributed by atoms with Gasteiger partial charge < -0.3 is 19.7 Å². The average molecular weight is 214 g/mol. The number of rotatable bonds is 7. The van der Waals surface area contributed by atoms with Gasteiger partial charge >= 0.3 is 0 Å². The van der Waals surface area contributed by atoms with Crippen LogP contribution in [0.5, 0.6) is 0 Å². The maximum absolute atomic E-state index is 9.36. The Bertz CT molecular complexity index is 277. The van der Waals surface area contributed by atoms with E-state index in [1.54, 1.807) is 13.4 Å². The molecule has 2 N–H and O–H groups in total. The van der Waals surface area contributed by atoms with Gasteiger partial charge in [0.2, 0.25) is 0 Å². The topological polar surface area (TPSA) is 72.2 Å². The van der Waals surface area contributed by atoms with Crippen LogP contribution in [0.1, 0.15) is 12.2 Å². The molecule has 0 saturated heterocycles. The molecule has 0 aliphatic carbocycles. The van der Waals surface area contributed by atoms with Crippen molar-refractivity contribution in [3.05, 3.63) is 12.2 Å². The van der Waals surface area contributed by atoms with Crippen LogP contribution in [0.15, 0.2) is 6.33 Å². The molecule has 6 heteroatoms. The summed E-state index contributed by atoms with van der Waals surface area (Å²) in [5, 5.41) is 20.2. The second-order valence-electron chi connectivity index (χ2n) is 3.43. The molecule has 1 aromatic rings. The highest BCUT2D eigenvalue weighted by molar-refractivity contribution is 4.82. The maximum Gasteiger partial charge on any atom is 0.146 e. The van der Waals surface area contributed by atoms with Crippen LogP contribution in [0.25, 0.3) is 0 Å². The van der Waals surface area contributed by atoms with E-state index in [9.17, 15) is 5.11 Å². The molecule has 1 unspecified atom stereocenters. The molecule has 0 aliphatic rings. The van der Waals surface area contributed by atoms with Gasteiger partial charge in [-0.1, -0.05) is 0 Å². The molecule has 0 amide bonds. The first kappa shape index (κ1) is 12.1. The van der Waals surface area contributed by atoms with Crippen molar-refractivity contribution in [2.45, 2.75) is 19.1 Å². The van der Waals surface area contributed by atoms with E-state index in [2.05, 4.69) is 15.5 Å². The van der Waals surface area contributed by atoms with Gasteiger partial charge in [-0.25, -0.2) is 0 Å². The molecule has 1 rings (SSSR count). The highest BCUT2D eigenvalue weighted by Gasteiger charge is 2.03. The molecule has 15 heavy (non-hydrogen) atoms. The lowest BCUT2D eigenvalue weighted by Crippen LogP contribution is -2.24. The summed E-state index contributed by atoms with van der Waals surface area (Å²) in [5.41, 5.74) is 0. The molecule has 1 atom stereocenters. The largest absolute Gasteiger partial charge is 0.391 e. The van der Waals surface area contributed by atoms with Crippen LogP contribution in [0, 0.1) is 0 Å². The minimum absolute atomic E-state index is 0.381. The zero-order chi connectivity index (χ0) is 11.1. The Morgan fingerprint density at radius 3 is 3.07 bits per heavy atom. The number of nitrogens with zero attached hydrogens (tertiary/aromatic N) is 3. The van der Waals surface area contributed by atoms with Gasteiger partial charge in [0.05, 0.1) is 19.3 Å². The molecule has 0 spiro atoms. The van der Waals surface area contributed by atoms with Crippen LogP contribution in [0.2, 0.25) is 0 Å². The molecule has 0 aliphatic heterocycles. The lowest BCUT2D eigenvalue weighted by Gasteiger charge is -2.09. The molecular formula is C9H18N4O2. The van der Waals surface area contributed by atoms with Gasteiger partial charge in [0.15, 0.2) is 0 Å². The van der Waals surface area contributed by atoms with Crippen molar-refractivity contribution in [1.29, 1.82) is 0 Å². The van der Waals surface area contributed by atoms with E-state index in [0.29, 0.717) is 19.6 Å². The number of nitrogens with one attached hydrogen (secondary N) is 1. The average Bonchev–Trinajstić information content (AvgIpc) is 2.60. The SMILES string of the molecule is COCC(O)CCNCc1nncn1C. The second-order valence-corrected chi connectivity index (χ2v) is 3.43. The van der Waals surface area contributed by atoms with Gasteiger partial charge in [-0.3, -0.25) is 0 Å². The summed E-state index contributed by atoms with van der Waals surface area (Å²) in [7, 11) is 3.48. The molecule has 0 saturated carbocycles. The van der Waals surface area contributed by atoms with E-state index in [-0.39, 0.29) is 0 Å². The van der Waals surface area contributed by atoms with E-state index in [1.807, 2.05) is 11.6 Å². The highest BCUT2D eigenvalue weighted by Crippen LogP contribution is 1.93. The minimum Gasteiger partial charge on any atom is -0.391 e. The van der Waals surface area contributed by atoms with Crippen molar-refractivity contribution >= 4 is 0 Å². The predicted octanol–water partition coefficient (Wildman–Crippen LogP) is -0.698. The molecule has 86 valence electrons. The fourth-order valence-corrected chi connectivity index (χ4v) is 1.21. The third-order valence-corrected chi connectivity index (χ3v) is 2.10. The standard InChI is InChI=1S/C9H18N4O2/c1-13-7-11-12-9(13)5-10-4-3-8(14)6-15-2/h7-8,10,14H,3-6H2,1-2H3. The Morgan fingerprint density at radius 1 is 1.67 bits per heavy atom. The summed E-state index contributed by atoms with van der Waals surface area (Å²) in [6.07, 6.45) is 1.93. The number of aliphatic hydroxyl groups is 1. The number of hydrogen-bond donors (Lipinski definition) is 2. The van der Waals surface area contributed by atoms with E-state index >= 15 is 0 Å². The first-order chi connectivity index (χ1) is 7.24. The predicted molar refractivity (Wildman–Crippen MR) is 55.2 cm³/mol. The van der Waals surface area contributed by atoms with Gasteiger partial charge in [-0.05, 0) is 13.0 Å². The summed E-state index contributed by atoms with van der Waals surface area (Å²) < 4.78 is 6.68. The van der Waals surface area contributed by atoms with Gasteiger partial charge in [0, 0.05) is 14.2 Å². The van der Waals surface area contributed by atoms with E-state index in [1.165, 1.54) is 0 Å². The van der Waals surface area contributed by atoms with Crippen molar-refractivity contribution in [3.63, 3.8) is 0 Å². The Hall–Kier alpha value is -0.980. The summed E-state index contributed by atoms with van der Waals surface area (Å²) >= 11 is 0. The van der Waals surface area contributed by atoms with Gasteiger partial charge in [-0.15, -0.1) is 10.2 Å². The molecule has 1 heterocycles. The Labute approximate surface area is 89.3 Å². The fourth-order valence-electron chi connectivity index (χ4n) is 1.21. The molecule has 6 nitrogen and oxygen atoms in total. The van der Waals surface area contributed by atoms with Crippen LogP contribution in [0.3, 0.4) is 0 Å². The number of methoxy groups -OCH3 is 1. The lowest BCUT2D eigenvalue weighted by atomic mass is 10.2. The Balaban J connectivity index is 2.09. The number of hydrogen-bond acceptors (Lipinski definition) is 5. The van der Waals surface area contributed by atoms with Crippen molar-refractivity contribution in [1.82, 2.24) is 20.1 Å². The second kappa shape index (κ2) is 6.49. The number of aliphatic hydroxyl groups excluding tert-OH is 1. The number of aryl methyl sites for hydroxylation is 1. The summed E-state index contributed by atoms with van der Waals surface area (Å²) in [6, 6.07) is 0. The summed E-state index contributed by atoms with van der Waals surface area (Å²) in [6.45, 7) is 1.78. The first-order valence-corrected chi connectivity index (χ1v) is 4.94. The zero-order valence-electron chi connectivity index (χ0n) is 9.18. The molecule has 0 fully saturated rings. The van der Waals surface area contributed by atoms with Crippen molar-refractivity contribution in [2.75, 3.05) is 20.3 Å². The van der Waals surface area contributed by atoms with E-state index in [4.69, 9.17) is 4.74 Å². The smallest absolute Gasteiger partial charge is 0.146 e. The number of ether oxygens (including phenoxy) is 1. The van der Waals surface area contributed by atoms with Crippen LogP contribution >= 0.6 is 0 Å². The lowest BCUT2D eigenvalue weighted by molar-refractivity contribution is 0.0593. The van der Waals surface area contributed by atoms with E-state index in [0.717, 1.165) is 12.4 Å². The third-order valence-electron chi connectivity index (χ3n) is 2.10. The monoisotopic (exact) mass is 214 g/mol. The van der Waals surface area contributed by atoms with E-state index < -0.39 is 6.10 Å². The maximum atomic E-state index is 9.36. The Kier molecular flexibility index (Phi) is 5.23. The van der Waals surface area contributed by atoms with Crippen molar-refractivity contribution < 1.29 is 9.84 Å². The van der Waals surface area contributed by atoms with Crippen LogP contribution in [-0.2, 0) is 18.3 Å². The van der Waals surface area contributed by atoms with Crippen LogP contribution < -0.4 is 5.32 Å². The molecular weight excluding hydrogens is 196 g/mol. The third kappa shape index (κ3) is 4.37. The minimum atomic E-state index is -0.401. The molecule has 0 radical (unpaired) electrons. The highest BCUT2D eigenvalue weighted by atomic mass is 16.5. The fraction of sp³-hybridized carbons (Fsp3) is 0.778.